The Morgan fingerprint density at radius 3 is 2.53 bits per heavy atom. The smallest absolute Gasteiger partial charge is 0.231 e. The summed E-state index contributed by atoms with van der Waals surface area (Å²) in [4.78, 5) is 14.3. The molecule has 106 valence electrons. The second-order valence-electron chi connectivity index (χ2n) is 5.47. The zero-order valence-electron chi connectivity index (χ0n) is 12.6. The van der Waals surface area contributed by atoms with Crippen LogP contribution < -0.4 is 16.0 Å². The van der Waals surface area contributed by atoms with Gasteiger partial charge in [-0.3, -0.25) is 4.79 Å². The highest BCUT2D eigenvalue weighted by Crippen LogP contribution is 2.25. The minimum atomic E-state index is -0.511. The number of amides is 1. The second-order valence-corrected chi connectivity index (χ2v) is 5.47. The Hall–Kier alpha value is -1.55. The van der Waals surface area contributed by atoms with Crippen molar-refractivity contribution in [2.24, 2.45) is 11.1 Å². The molecule has 19 heavy (non-hydrogen) atoms. The van der Waals surface area contributed by atoms with Gasteiger partial charge in [-0.2, -0.15) is 0 Å². The first kappa shape index (κ1) is 15.5. The van der Waals surface area contributed by atoms with Gasteiger partial charge < -0.3 is 16.0 Å². The molecule has 4 nitrogen and oxygen atoms in total. The lowest BCUT2D eigenvalue weighted by molar-refractivity contribution is -0.124. The summed E-state index contributed by atoms with van der Waals surface area (Å²) in [6, 6.07) is 5.92. The van der Waals surface area contributed by atoms with Crippen molar-refractivity contribution in [1.29, 1.82) is 0 Å². The highest BCUT2D eigenvalue weighted by molar-refractivity contribution is 5.95. The first-order valence-corrected chi connectivity index (χ1v) is 6.63. The molecule has 0 aliphatic heterocycles. The van der Waals surface area contributed by atoms with Crippen molar-refractivity contribution in [3.05, 3.63) is 23.8 Å². The molecule has 0 fully saturated rings. The normalized spacial score (nSPS) is 13.8. The average molecular weight is 263 g/mol. The molecule has 3 N–H and O–H groups in total. The molecule has 1 atom stereocenters. The molecular weight excluding hydrogens is 238 g/mol. The largest absolute Gasteiger partial charge is 0.377 e. The van der Waals surface area contributed by atoms with Gasteiger partial charge in [0.15, 0.2) is 0 Å². The van der Waals surface area contributed by atoms with Crippen LogP contribution in [0.3, 0.4) is 0 Å². The third-order valence-electron chi connectivity index (χ3n) is 3.73. The van der Waals surface area contributed by atoms with E-state index in [4.69, 9.17) is 5.73 Å². The number of carbonyl (C=O) groups excluding carboxylic acids is 1. The monoisotopic (exact) mass is 263 g/mol. The molecule has 0 heterocycles. The molecule has 0 aromatic heterocycles. The Bertz CT molecular complexity index is 451. The number of nitrogens with zero attached hydrogens (tertiary/aromatic N) is 1. The zero-order valence-corrected chi connectivity index (χ0v) is 12.6. The molecule has 0 spiro atoms. The Kier molecular flexibility index (Phi) is 4.95. The van der Waals surface area contributed by atoms with Gasteiger partial charge in [-0.15, -0.1) is 0 Å². The van der Waals surface area contributed by atoms with E-state index < -0.39 is 5.41 Å². The van der Waals surface area contributed by atoms with E-state index in [1.54, 1.807) is 0 Å². The van der Waals surface area contributed by atoms with E-state index in [-0.39, 0.29) is 5.91 Å². The van der Waals surface area contributed by atoms with Crippen LogP contribution in [0.4, 0.5) is 11.4 Å². The molecule has 1 amide bonds. The van der Waals surface area contributed by atoms with Crippen LogP contribution in [0.1, 0.15) is 25.8 Å². The Labute approximate surface area is 116 Å². The SMILES string of the molecule is CCC(C)(CN)C(=O)Nc1ccc(C)c(N(C)C)c1. The maximum absolute atomic E-state index is 12.3. The highest BCUT2D eigenvalue weighted by Gasteiger charge is 2.29. The quantitative estimate of drug-likeness (QED) is 0.857. The van der Waals surface area contributed by atoms with Gasteiger partial charge >= 0.3 is 0 Å². The van der Waals surface area contributed by atoms with Crippen LogP contribution in [0.5, 0.6) is 0 Å². The van der Waals surface area contributed by atoms with Crippen LogP contribution >= 0.6 is 0 Å². The number of rotatable bonds is 5. The molecule has 0 bridgehead atoms. The average Bonchev–Trinajstić information content (AvgIpc) is 2.39. The zero-order chi connectivity index (χ0) is 14.6. The van der Waals surface area contributed by atoms with Gasteiger partial charge in [0.1, 0.15) is 0 Å². The predicted octanol–water partition coefficient (Wildman–Crippen LogP) is 2.37. The van der Waals surface area contributed by atoms with Crippen molar-refractivity contribution in [2.45, 2.75) is 27.2 Å². The number of benzene rings is 1. The molecule has 1 unspecified atom stereocenters. The maximum Gasteiger partial charge on any atom is 0.231 e. The van der Waals surface area contributed by atoms with Crippen molar-refractivity contribution < 1.29 is 4.79 Å². The van der Waals surface area contributed by atoms with Gasteiger partial charge in [0.2, 0.25) is 5.91 Å². The lowest BCUT2D eigenvalue weighted by Crippen LogP contribution is -2.39. The fourth-order valence-corrected chi connectivity index (χ4v) is 1.85. The van der Waals surface area contributed by atoms with E-state index in [9.17, 15) is 4.79 Å². The molecule has 1 aromatic carbocycles. The molecule has 4 heteroatoms. The predicted molar refractivity (Wildman–Crippen MR) is 81.6 cm³/mol. The first-order chi connectivity index (χ1) is 8.84. The fourth-order valence-electron chi connectivity index (χ4n) is 1.85. The number of hydrogen-bond donors (Lipinski definition) is 2. The van der Waals surface area contributed by atoms with Crippen molar-refractivity contribution in [1.82, 2.24) is 0 Å². The summed E-state index contributed by atoms with van der Waals surface area (Å²) in [6.45, 7) is 6.27. The summed E-state index contributed by atoms with van der Waals surface area (Å²) in [5, 5.41) is 2.96. The van der Waals surface area contributed by atoms with E-state index in [2.05, 4.69) is 12.2 Å². The van der Waals surface area contributed by atoms with Gasteiger partial charge in [-0.25, -0.2) is 0 Å². The summed E-state index contributed by atoms with van der Waals surface area (Å²) in [7, 11) is 3.98. The molecular formula is C15H25N3O. The topological polar surface area (TPSA) is 58.4 Å². The van der Waals surface area contributed by atoms with Crippen LogP contribution in [-0.4, -0.2) is 26.5 Å². The fraction of sp³-hybridized carbons (Fsp3) is 0.533. The van der Waals surface area contributed by atoms with Crippen LogP contribution in [-0.2, 0) is 4.79 Å². The molecule has 1 aromatic rings. The lowest BCUT2D eigenvalue weighted by atomic mass is 9.86. The Morgan fingerprint density at radius 1 is 1.42 bits per heavy atom. The summed E-state index contributed by atoms with van der Waals surface area (Å²) in [5.74, 6) is -0.0222. The van der Waals surface area contributed by atoms with Crippen LogP contribution in [0.25, 0.3) is 0 Å². The molecule has 0 saturated heterocycles. The van der Waals surface area contributed by atoms with Crippen molar-refractivity contribution >= 4 is 17.3 Å². The number of nitrogens with one attached hydrogen (secondary N) is 1. The van der Waals surface area contributed by atoms with E-state index >= 15 is 0 Å². The molecule has 0 radical (unpaired) electrons. The van der Waals surface area contributed by atoms with Gasteiger partial charge in [-0.05, 0) is 38.0 Å². The summed E-state index contributed by atoms with van der Waals surface area (Å²) in [6.07, 6.45) is 0.724. The standard InChI is InChI=1S/C15H25N3O/c1-6-15(3,10-16)14(19)17-12-8-7-11(2)13(9-12)18(4)5/h7-9H,6,10,16H2,1-5H3,(H,17,19). The van der Waals surface area contributed by atoms with E-state index in [0.717, 1.165) is 17.8 Å². The number of hydrogen-bond acceptors (Lipinski definition) is 3. The van der Waals surface area contributed by atoms with Gasteiger partial charge in [0.05, 0.1) is 5.41 Å². The third kappa shape index (κ3) is 3.47. The van der Waals surface area contributed by atoms with E-state index in [1.807, 2.05) is 51.0 Å². The summed E-state index contributed by atoms with van der Waals surface area (Å²) in [5.41, 5.74) is 8.29. The van der Waals surface area contributed by atoms with Gasteiger partial charge in [-0.1, -0.05) is 13.0 Å². The summed E-state index contributed by atoms with van der Waals surface area (Å²) < 4.78 is 0. The maximum atomic E-state index is 12.3. The highest BCUT2D eigenvalue weighted by atomic mass is 16.2. The van der Waals surface area contributed by atoms with Crippen LogP contribution in [0.2, 0.25) is 0 Å². The van der Waals surface area contributed by atoms with Crippen molar-refractivity contribution in [3.8, 4) is 0 Å². The first-order valence-electron chi connectivity index (χ1n) is 6.63. The number of nitrogens with two attached hydrogens (primary N) is 1. The van der Waals surface area contributed by atoms with Crippen LogP contribution in [0.15, 0.2) is 18.2 Å². The lowest BCUT2D eigenvalue weighted by Gasteiger charge is -2.25. The van der Waals surface area contributed by atoms with Crippen LogP contribution in [0, 0.1) is 12.3 Å². The number of aryl methyl sites for hydroxylation is 1. The van der Waals surface area contributed by atoms with Crippen molar-refractivity contribution in [3.63, 3.8) is 0 Å². The molecule has 0 saturated carbocycles. The number of anilines is 2. The summed E-state index contributed by atoms with van der Waals surface area (Å²) >= 11 is 0. The van der Waals surface area contributed by atoms with E-state index in [0.29, 0.717) is 6.54 Å². The Morgan fingerprint density at radius 2 is 2.05 bits per heavy atom. The minimum absolute atomic E-state index is 0.0222. The van der Waals surface area contributed by atoms with Gasteiger partial charge in [0, 0.05) is 32.0 Å². The van der Waals surface area contributed by atoms with Gasteiger partial charge in [0.25, 0.3) is 0 Å². The Balaban J connectivity index is 2.95. The molecule has 0 aliphatic carbocycles. The number of carbonyl (C=O) groups is 1. The molecule has 0 aliphatic rings. The third-order valence-corrected chi connectivity index (χ3v) is 3.73. The minimum Gasteiger partial charge on any atom is -0.377 e. The second kappa shape index (κ2) is 6.06. The van der Waals surface area contributed by atoms with Crippen molar-refractivity contribution in [2.75, 3.05) is 30.9 Å². The van der Waals surface area contributed by atoms with E-state index in [1.165, 1.54) is 5.56 Å². The molecule has 1 rings (SSSR count).